The van der Waals surface area contributed by atoms with Gasteiger partial charge in [0.25, 0.3) is 5.91 Å². The van der Waals surface area contributed by atoms with E-state index in [-0.39, 0.29) is 11.6 Å². The Morgan fingerprint density at radius 3 is 2.62 bits per heavy atom. The van der Waals surface area contributed by atoms with Gasteiger partial charge in [-0.15, -0.1) is 0 Å². The molecule has 0 saturated heterocycles. The van der Waals surface area contributed by atoms with Crippen LogP contribution in [0.15, 0.2) is 42.6 Å². The molecule has 1 heterocycles. The van der Waals surface area contributed by atoms with Crippen molar-refractivity contribution in [2.75, 3.05) is 27.3 Å². The first-order chi connectivity index (χ1) is 11.5. The Labute approximate surface area is 141 Å². The van der Waals surface area contributed by atoms with Gasteiger partial charge in [0, 0.05) is 13.2 Å². The largest absolute Gasteiger partial charge is 0.492 e. The van der Waals surface area contributed by atoms with Crippen LogP contribution >= 0.6 is 0 Å². The summed E-state index contributed by atoms with van der Waals surface area (Å²) in [5.74, 6) is 0.0528. The Morgan fingerprint density at radius 1 is 1.21 bits per heavy atom. The van der Waals surface area contributed by atoms with Crippen molar-refractivity contribution in [2.45, 2.75) is 6.92 Å². The summed E-state index contributed by atoms with van der Waals surface area (Å²) < 4.78 is 10.2. The van der Waals surface area contributed by atoms with Gasteiger partial charge in [0.2, 0.25) is 0 Å². The van der Waals surface area contributed by atoms with Crippen molar-refractivity contribution in [3.05, 3.63) is 59.4 Å². The molecule has 0 radical (unpaired) electrons. The minimum atomic E-state index is -0.485. The second-order valence-corrected chi connectivity index (χ2v) is 5.32. The van der Waals surface area contributed by atoms with E-state index >= 15 is 0 Å². The first kappa shape index (κ1) is 17.5. The lowest BCUT2D eigenvalue weighted by molar-refractivity contribution is 0.0599. The fourth-order valence-corrected chi connectivity index (χ4v) is 2.06. The second kappa shape index (κ2) is 8.10. The van der Waals surface area contributed by atoms with E-state index in [0.29, 0.717) is 18.7 Å². The lowest BCUT2D eigenvalue weighted by Gasteiger charge is -2.17. The van der Waals surface area contributed by atoms with E-state index in [9.17, 15) is 9.59 Å². The number of hydrogen-bond donors (Lipinski definition) is 0. The van der Waals surface area contributed by atoms with Crippen LogP contribution < -0.4 is 4.74 Å². The summed E-state index contributed by atoms with van der Waals surface area (Å²) in [6.45, 7) is 2.80. The maximum Gasteiger partial charge on any atom is 0.339 e. The molecule has 6 nitrogen and oxygen atoms in total. The first-order valence-electron chi connectivity index (χ1n) is 7.50. The average molecular weight is 328 g/mol. The number of ether oxygens (including phenoxy) is 2. The highest BCUT2D eigenvalue weighted by Gasteiger charge is 2.14. The molecule has 0 spiro atoms. The number of carbonyl (C=O) groups is 2. The molecule has 1 aromatic carbocycles. The highest BCUT2D eigenvalue weighted by atomic mass is 16.5. The zero-order chi connectivity index (χ0) is 17.5. The smallest absolute Gasteiger partial charge is 0.339 e. The van der Waals surface area contributed by atoms with Crippen molar-refractivity contribution >= 4 is 11.9 Å². The Morgan fingerprint density at radius 2 is 2.00 bits per heavy atom. The standard InChI is InChI=1S/C18H20N2O4/c1-13-5-4-6-15(11-13)24-10-9-20(2)17(21)16-8-7-14(12-19-16)18(22)23-3/h4-8,11-12H,9-10H2,1-3H3. The van der Waals surface area contributed by atoms with E-state index in [1.54, 1.807) is 7.05 Å². The quantitative estimate of drug-likeness (QED) is 0.761. The van der Waals surface area contributed by atoms with E-state index in [1.807, 2.05) is 31.2 Å². The van der Waals surface area contributed by atoms with Crippen molar-refractivity contribution in [1.29, 1.82) is 0 Å². The van der Waals surface area contributed by atoms with E-state index in [2.05, 4.69) is 9.72 Å². The normalized spacial score (nSPS) is 10.1. The van der Waals surface area contributed by atoms with E-state index in [1.165, 1.54) is 30.3 Å². The van der Waals surface area contributed by atoms with Crippen LogP contribution in [0.5, 0.6) is 5.75 Å². The number of hydrogen-bond acceptors (Lipinski definition) is 5. The minimum absolute atomic E-state index is 0.237. The summed E-state index contributed by atoms with van der Waals surface area (Å²) in [4.78, 5) is 29.2. The van der Waals surface area contributed by atoms with E-state index in [0.717, 1.165) is 11.3 Å². The van der Waals surface area contributed by atoms with Crippen LogP contribution in [0.25, 0.3) is 0 Å². The van der Waals surface area contributed by atoms with Crippen LogP contribution in [0.4, 0.5) is 0 Å². The number of pyridine rings is 1. The molecular weight excluding hydrogens is 308 g/mol. The van der Waals surface area contributed by atoms with Crippen LogP contribution in [0, 0.1) is 6.92 Å². The summed E-state index contributed by atoms with van der Waals surface area (Å²) in [5, 5.41) is 0. The van der Waals surface area contributed by atoms with Crippen molar-refractivity contribution in [3.8, 4) is 5.75 Å². The van der Waals surface area contributed by atoms with Crippen LogP contribution in [0.3, 0.4) is 0 Å². The minimum Gasteiger partial charge on any atom is -0.492 e. The maximum atomic E-state index is 12.3. The lowest BCUT2D eigenvalue weighted by atomic mass is 10.2. The summed E-state index contributed by atoms with van der Waals surface area (Å²) in [6, 6.07) is 10.8. The van der Waals surface area contributed by atoms with Gasteiger partial charge in [0.1, 0.15) is 18.1 Å². The van der Waals surface area contributed by atoms with Crippen molar-refractivity contribution in [2.24, 2.45) is 0 Å². The van der Waals surface area contributed by atoms with Crippen LogP contribution in [0.1, 0.15) is 26.4 Å². The summed E-state index contributed by atoms with van der Waals surface area (Å²) in [6.07, 6.45) is 1.33. The number of benzene rings is 1. The van der Waals surface area contributed by atoms with Crippen LogP contribution in [-0.4, -0.2) is 49.1 Å². The SMILES string of the molecule is COC(=O)c1ccc(C(=O)N(C)CCOc2cccc(C)c2)nc1. The van der Waals surface area contributed by atoms with Gasteiger partial charge in [-0.2, -0.15) is 0 Å². The van der Waals surface area contributed by atoms with Gasteiger partial charge in [-0.25, -0.2) is 4.79 Å². The molecule has 0 aliphatic carbocycles. The van der Waals surface area contributed by atoms with Crippen LogP contribution in [-0.2, 0) is 4.74 Å². The summed E-state index contributed by atoms with van der Waals surface area (Å²) >= 11 is 0. The maximum absolute atomic E-state index is 12.3. The van der Waals surface area contributed by atoms with Gasteiger partial charge in [0.15, 0.2) is 0 Å². The van der Waals surface area contributed by atoms with E-state index in [4.69, 9.17) is 4.74 Å². The summed E-state index contributed by atoms with van der Waals surface area (Å²) in [5.41, 5.74) is 1.69. The molecule has 2 rings (SSSR count). The number of amides is 1. The molecule has 0 N–H and O–H groups in total. The molecule has 0 saturated carbocycles. The monoisotopic (exact) mass is 328 g/mol. The summed E-state index contributed by atoms with van der Waals surface area (Å²) in [7, 11) is 2.97. The van der Waals surface area contributed by atoms with Gasteiger partial charge in [0.05, 0.1) is 19.2 Å². The number of methoxy groups -OCH3 is 1. The van der Waals surface area contributed by atoms with Crippen molar-refractivity contribution in [1.82, 2.24) is 9.88 Å². The predicted octanol–water partition coefficient (Wildman–Crippen LogP) is 2.33. The topological polar surface area (TPSA) is 68.7 Å². The third kappa shape index (κ3) is 4.55. The van der Waals surface area contributed by atoms with Gasteiger partial charge in [-0.05, 0) is 36.8 Å². The fraction of sp³-hybridized carbons (Fsp3) is 0.278. The third-order valence-electron chi connectivity index (χ3n) is 3.44. The Kier molecular flexibility index (Phi) is 5.89. The third-order valence-corrected chi connectivity index (χ3v) is 3.44. The molecule has 1 amide bonds. The van der Waals surface area contributed by atoms with Crippen molar-refractivity contribution in [3.63, 3.8) is 0 Å². The number of carbonyl (C=O) groups excluding carboxylic acids is 2. The molecule has 0 aliphatic rings. The number of esters is 1. The van der Waals surface area contributed by atoms with E-state index < -0.39 is 5.97 Å². The lowest BCUT2D eigenvalue weighted by Crippen LogP contribution is -2.31. The molecule has 0 aliphatic heterocycles. The first-order valence-corrected chi connectivity index (χ1v) is 7.50. The number of aromatic nitrogens is 1. The molecule has 0 bridgehead atoms. The number of likely N-dealkylation sites (N-methyl/N-ethyl adjacent to an activating group) is 1. The second-order valence-electron chi connectivity index (χ2n) is 5.32. The molecule has 0 unspecified atom stereocenters. The van der Waals surface area contributed by atoms with Gasteiger partial charge < -0.3 is 14.4 Å². The number of rotatable bonds is 6. The Hall–Kier alpha value is -2.89. The molecule has 0 atom stereocenters. The van der Waals surface area contributed by atoms with Gasteiger partial charge in [-0.1, -0.05) is 12.1 Å². The molecule has 0 fully saturated rings. The zero-order valence-corrected chi connectivity index (χ0v) is 14.0. The predicted molar refractivity (Wildman–Crippen MR) is 89.2 cm³/mol. The van der Waals surface area contributed by atoms with Crippen molar-refractivity contribution < 1.29 is 19.1 Å². The number of aryl methyl sites for hydroxylation is 1. The molecule has 126 valence electrons. The molecule has 2 aromatic rings. The Balaban J connectivity index is 1.88. The molecule has 6 heteroatoms. The zero-order valence-electron chi connectivity index (χ0n) is 14.0. The van der Waals surface area contributed by atoms with Crippen LogP contribution in [0.2, 0.25) is 0 Å². The molecule has 1 aromatic heterocycles. The highest BCUT2D eigenvalue weighted by molar-refractivity contribution is 5.94. The average Bonchev–Trinajstić information content (AvgIpc) is 2.60. The highest BCUT2D eigenvalue weighted by Crippen LogP contribution is 2.12. The number of nitrogens with zero attached hydrogens (tertiary/aromatic N) is 2. The molecular formula is C18H20N2O4. The Bertz CT molecular complexity index is 713. The van der Waals surface area contributed by atoms with Gasteiger partial charge >= 0.3 is 5.97 Å². The fourth-order valence-electron chi connectivity index (χ4n) is 2.06. The molecule has 24 heavy (non-hydrogen) atoms. The van der Waals surface area contributed by atoms with Gasteiger partial charge in [-0.3, -0.25) is 9.78 Å².